The molecule has 1 aromatic heterocycles. The summed E-state index contributed by atoms with van der Waals surface area (Å²) in [6.45, 7) is 6.91. The summed E-state index contributed by atoms with van der Waals surface area (Å²) >= 11 is 1.44. The molecule has 0 saturated heterocycles. The molecular formula is C21H26N2O4S2. The number of carbonyl (C=O) groups is 2. The lowest BCUT2D eigenvalue weighted by atomic mass is 10.1. The zero-order chi connectivity index (χ0) is 21.2. The number of benzene rings is 1. The summed E-state index contributed by atoms with van der Waals surface area (Å²) in [5.74, 6) is -0.124. The van der Waals surface area contributed by atoms with Crippen LogP contribution in [0, 0.1) is 6.92 Å². The summed E-state index contributed by atoms with van der Waals surface area (Å²) in [6, 6.07) is 8.66. The smallest absolute Gasteiger partial charge is 0.243 e. The number of fused-ring (bicyclic) bond motifs is 1. The fourth-order valence-corrected chi connectivity index (χ4v) is 5.92. The molecular weight excluding hydrogens is 408 g/mol. The second-order valence-electron chi connectivity index (χ2n) is 7.01. The van der Waals surface area contributed by atoms with Gasteiger partial charge in [-0.15, -0.1) is 11.3 Å². The van der Waals surface area contributed by atoms with Crippen LogP contribution in [0.4, 0.5) is 5.69 Å². The molecule has 0 radical (unpaired) electrons. The van der Waals surface area contributed by atoms with Gasteiger partial charge in [0.1, 0.15) is 0 Å². The minimum Gasteiger partial charge on any atom is -0.312 e. The zero-order valence-electron chi connectivity index (χ0n) is 17.0. The van der Waals surface area contributed by atoms with Crippen LogP contribution in [0.25, 0.3) is 0 Å². The number of amides is 1. The highest BCUT2D eigenvalue weighted by atomic mass is 32.2. The largest absolute Gasteiger partial charge is 0.312 e. The molecule has 8 heteroatoms. The molecule has 1 aromatic carbocycles. The van der Waals surface area contributed by atoms with Gasteiger partial charge in [0.25, 0.3) is 0 Å². The van der Waals surface area contributed by atoms with Crippen LogP contribution in [0.5, 0.6) is 0 Å². The quantitative estimate of drug-likeness (QED) is 0.595. The number of nitrogens with zero attached hydrogens (tertiary/aromatic N) is 2. The maximum atomic E-state index is 12.7. The Labute approximate surface area is 176 Å². The average molecular weight is 435 g/mol. The van der Waals surface area contributed by atoms with E-state index in [1.807, 2.05) is 26.8 Å². The molecule has 0 atom stereocenters. The number of anilines is 1. The molecule has 0 aliphatic carbocycles. The normalized spacial score (nSPS) is 13.7. The monoisotopic (exact) mass is 434 g/mol. The minimum absolute atomic E-state index is 0.0171. The summed E-state index contributed by atoms with van der Waals surface area (Å²) < 4.78 is 26.9. The topological polar surface area (TPSA) is 74.8 Å². The van der Waals surface area contributed by atoms with Gasteiger partial charge in [0.15, 0.2) is 5.78 Å². The number of hydrogen-bond acceptors (Lipinski definition) is 5. The third-order valence-corrected chi connectivity index (χ3v) is 8.26. The summed E-state index contributed by atoms with van der Waals surface area (Å²) in [5, 5.41) is 0. The van der Waals surface area contributed by atoms with Crippen LogP contribution in [0.1, 0.15) is 46.8 Å². The lowest BCUT2D eigenvalue weighted by Gasteiger charge is -2.20. The van der Waals surface area contributed by atoms with Crippen LogP contribution in [-0.2, 0) is 21.2 Å². The summed E-state index contributed by atoms with van der Waals surface area (Å²) in [5.41, 5.74) is 1.60. The number of hydrogen-bond donors (Lipinski definition) is 0. The van der Waals surface area contributed by atoms with Crippen molar-refractivity contribution in [2.24, 2.45) is 0 Å². The summed E-state index contributed by atoms with van der Waals surface area (Å²) in [4.78, 5) is 28.6. The van der Waals surface area contributed by atoms with Crippen LogP contribution in [-0.4, -0.2) is 44.0 Å². The molecule has 0 N–H and O–H groups in total. The second-order valence-corrected chi connectivity index (χ2v) is 10.2. The number of thiophene rings is 1. The molecule has 29 heavy (non-hydrogen) atoms. The van der Waals surface area contributed by atoms with Crippen LogP contribution < -0.4 is 4.90 Å². The van der Waals surface area contributed by atoms with Crippen molar-refractivity contribution in [2.75, 3.05) is 24.5 Å². The van der Waals surface area contributed by atoms with Crippen molar-refractivity contribution in [2.45, 2.75) is 44.9 Å². The van der Waals surface area contributed by atoms with Gasteiger partial charge >= 0.3 is 0 Å². The number of aryl methyl sites for hydroxylation is 1. The van der Waals surface area contributed by atoms with E-state index in [0.717, 1.165) is 16.1 Å². The molecule has 1 amide bonds. The lowest BCUT2D eigenvalue weighted by Crippen LogP contribution is -2.31. The molecule has 2 heterocycles. The summed E-state index contributed by atoms with van der Waals surface area (Å²) in [7, 11) is -3.52. The first-order chi connectivity index (χ1) is 13.8. The van der Waals surface area contributed by atoms with Crippen molar-refractivity contribution in [3.05, 3.63) is 45.6 Å². The van der Waals surface area contributed by atoms with Gasteiger partial charge in [-0.2, -0.15) is 4.31 Å². The Morgan fingerprint density at radius 3 is 2.45 bits per heavy atom. The Hall–Kier alpha value is -2.03. The Morgan fingerprint density at radius 2 is 1.83 bits per heavy atom. The van der Waals surface area contributed by atoms with Crippen molar-refractivity contribution in [3.8, 4) is 0 Å². The third kappa shape index (κ3) is 4.44. The highest BCUT2D eigenvalue weighted by molar-refractivity contribution is 7.89. The fraction of sp³-hybridized carbons (Fsp3) is 0.429. The van der Waals surface area contributed by atoms with Gasteiger partial charge in [-0.25, -0.2) is 8.42 Å². The first-order valence-corrected chi connectivity index (χ1v) is 12.1. The number of sulfonamides is 1. The molecule has 0 saturated carbocycles. The van der Waals surface area contributed by atoms with Gasteiger partial charge in [0.2, 0.25) is 15.9 Å². The van der Waals surface area contributed by atoms with Crippen molar-refractivity contribution < 1.29 is 18.0 Å². The van der Waals surface area contributed by atoms with E-state index in [1.54, 1.807) is 29.2 Å². The predicted octanol–water partition coefficient (Wildman–Crippen LogP) is 3.64. The van der Waals surface area contributed by atoms with Crippen molar-refractivity contribution in [3.63, 3.8) is 0 Å². The highest BCUT2D eigenvalue weighted by Gasteiger charge is 2.28. The first kappa shape index (κ1) is 21.7. The lowest BCUT2D eigenvalue weighted by molar-refractivity contribution is -0.118. The second kappa shape index (κ2) is 8.77. The van der Waals surface area contributed by atoms with Crippen LogP contribution in [0.3, 0.4) is 0 Å². The molecule has 0 spiro atoms. The van der Waals surface area contributed by atoms with Crippen LogP contribution in [0.2, 0.25) is 0 Å². The van der Waals surface area contributed by atoms with Gasteiger partial charge in [-0.3, -0.25) is 9.59 Å². The van der Waals surface area contributed by atoms with Gasteiger partial charge in [-0.1, -0.05) is 13.8 Å². The predicted molar refractivity (Wildman–Crippen MR) is 115 cm³/mol. The molecule has 156 valence electrons. The van der Waals surface area contributed by atoms with Crippen molar-refractivity contribution in [1.29, 1.82) is 0 Å². The molecule has 0 bridgehead atoms. The molecule has 0 unspecified atom stereocenters. The number of carbonyl (C=O) groups excluding carboxylic acids is 2. The van der Waals surface area contributed by atoms with E-state index in [4.69, 9.17) is 0 Å². The Bertz CT molecular complexity index is 1020. The van der Waals surface area contributed by atoms with E-state index in [2.05, 4.69) is 0 Å². The van der Waals surface area contributed by atoms with Crippen molar-refractivity contribution in [1.82, 2.24) is 4.31 Å². The van der Waals surface area contributed by atoms with Gasteiger partial charge < -0.3 is 4.90 Å². The van der Waals surface area contributed by atoms with E-state index in [-0.39, 0.29) is 29.4 Å². The number of ketones is 1. The molecule has 1 aliphatic heterocycles. The Kier molecular flexibility index (Phi) is 6.55. The fourth-order valence-electron chi connectivity index (χ4n) is 3.57. The Balaban J connectivity index is 1.71. The number of Topliss-reactive ketones (excluding diaryl/α,β-unsaturated/α-hetero) is 1. The van der Waals surface area contributed by atoms with Crippen LogP contribution >= 0.6 is 11.3 Å². The van der Waals surface area contributed by atoms with E-state index in [9.17, 15) is 18.0 Å². The van der Waals surface area contributed by atoms with Gasteiger partial charge in [0.05, 0.1) is 9.77 Å². The molecule has 3 rings (SSSR count). The van der Waals surface area contributed by atoms with E-state index in [0.29, 0.717) is 30.9 Å². The maximum Gasteiger partial charge on any atom is 0.243 e. The molecule has 2 aromatic rings. The highest BCUT2D eigenvalue weighted by Crippen LogP contribution is 2.32. The average Bonchev–Trinajstić information content (AvgIpc) is 3.32. The van der Waals surface area contributed by atoms with Crippen molar-refractivity contribution >= 4 is 38.7 Å². The zero-order valence-corrected chi connectivity index (χ0v) is 18.6. The summed E-state index contributed by atoms with van der Waals surface area (Å²) in [6.07, 6.45) is 0.939. The Morgan fingerprint density at radius 1 is 1.10 bits per heavy atom. The van der Waals surface area contributed by atoms with Gasteiger partial charge in [-0.05, 0) is 49.2 Å². The molecule has 6 nitrogen and oxygen atoms in total. The maximum absolute atomic E-state index is 12.7. The van der Waals surface area contributed by atoms with Crippen LogP contribution in [0.15, 0.2) is 35.2 Å². The molecule has 1 aliphatic rings. The number of rotatable bonds is 8. The minimum atomic E-state index is -3.52. The van der Waals surface area contributed by atoms with E-state index in [1.165, 1.54) is 15.6 Å². The van der Waals surface area contributed by atoms with Gasteiger partial charge in [0, 0.05) is 43.0 Å². The third-order valence-electron chi connectivity index (χ3n) is 5.17. The molecule has 0 fully saturated rings. The standard InChI is InChI=1S/C21H26N2O4S2/c1-4-22(5-2)29(26,27)17-7-8-18-16(14-17)12-13-23(18)21(25)11-9-19(24)20-10-6-15(3)28-20/h6-8,10,14H,4-5,9,11-13H2,1-3H3. The first-order valence-electron chi connectivity index (χ1n) is 9.81. The van der Waals surface area contributed by atoms with E-state index >= 15 is 0 Å². The SMILES string of the molecule is CCN(CC)S(=O)(=O)c1ccc2c(c1)CCN2C(=O)CCC(=O)c1ccc(C)s1. The van der Waals surface area contributed by atoms with E-state index < -0.39 is 10.0 Å².